The maximum Gasteiger partial charge on any atom is 0.334 e. The zero-order chi connectivity index (χ0) is 34.0. The number of amides is 2. The summed E-state index contributed by atoms with van der Waals surface area (Å²) in [7, 11) is 0. The predicted octanol–water partition coefficient (Wildman–Crippen LogP) is -2.62. The summed E-state index contributed by atoms with van der Waals surface area (Å²) in [5, 5.41) is 34.1. The van der Waals surface area contributed by atoms with Crippen LogP contribution < -0.4 is 10.6 Å². The second-order valence-electron chi connectivity index (χ2n) is 14.9. The number of fused-ring (bicyclic) bond motifs is 4. The van der Waals surface area contributed by atoms with Crippen LogP contribution in [0.5, 0.6) is 0 Å². The molecule has 5 aliphatic heterocycles. The summed E-state index contributed by atoms with van der Waals surface area (Å²) in [4.78, 5) is 50.4. The first-order valence-corrected chi connectivity index (χ1v) is 16.7. The van der Waals surface area contributed by atoms with Gasteiger partial charge in [0.15, 0.2) is 11.7 Å². The first-order chi connectivity index (χ1) is 22.8. The van der Waals surface area contributed by atoms with E-state index in [0.29, 0.717) is 19.3 Å². The maximum atomic E-state index is 13.3. The van der Waals surface area contributed by atoms with Gasteiger partial charge in [-0.2, -0.15) is 0 Å². The molecule has 0 bridgehead atoms. The van der Waals surface area contributed by atoms with E-state index in [9.17, 15) is 34.5 Å². The Morgan fingerprint density at radius 1 is 1.02 bits per heavy atom. The number of esters is 2. The number of epoxide rings is 3. The summed E-state index contributed by atoms with van der Waals surface area (Å²) in [6.45, 7) is 4.79. The van der Waals surface area contributed by atoms with E-state index >= 15 is 0 Å². The van der Waals surface area contributed by atoms with Crippen LogP contribution in [0.15, 0.2) is 11.1 Å². The Balaban J connectivity index is 0.875. The smallest absolute Gasteiger partial charge is 0.334 e. The van der Waals surface area contributed by atoms with Crippen LogP contribution in [0.2, 0.25) is 0 Å². The van der Waals surface area contributed by atoms with E-state index in [4.69, 9.17) is 33.2 Å². The molecule has 16 heteroatoms. The molecular weight excluding hydrogens is 636 g/mol. The van der Waals surface area contributed by atoms with E-state index in [-0.39, 0.29) is 61.4 Å². The van der Waals surface area contributed by atoms with Gasteiger partial charge in [0.2, 0.25) is 11.8 Å². The second-order valence-corrected chi connectivity index (χ2v) is 14.9. The van der Waals surface area contributed by atoms with Crippen molar-refractivity contribution in [2.24, 2.45) is 17.3 Å². The molecule has 0 radical (unpaired) electrons. The highest BCUT2D eigenvalue weighted by atomic mass is 16.8. The standard InChI is InChI=1S/C32H42N2O14/c1-13(2)30-25(47-30)26-32(48-26)29(3)5-4-14-15(9-44-27(14)41)16(29)6-19-31(32,46-19)28(30)45-22(38)8-34-20(36)7-33-21(37)12-42-11-18-24(40)23(39)17(35)10-43-18/h13,16-19,23-26,28,35,39-40H,4-12H2,1-3H3,(H,33,37)(H,34,36)/t16-,17-,18+,19-,23+,24+,25-,26-,28+,29-,30-,31+,32+/m0/s1. The van der Waals surface area contributed by atoms with Gasteiger partial charge < -0.3 is 59.1 Å². The summed E-state index contributed by atoms with van der Waals surface area (Å²) in [5.74, 6) is -2.15. The molecule has 2 spiro atoms. The number of nitrogens with one attached hydrogen (secondary N) is 2. The van der Waals surface area contributed by atoms with Gasteiger partial charge >= 0.3 is 11.9 Å². The van der Waals surface area contributed by atoms with E-state index in [1.54, 1.807) is 0 Å². The van der Waals surface area contributed by atoms with Crippen LogP contribution in [0.25, 0.3) is 0 Å². The van der Waals surface area contributed by atoms with Crippen LogP contribution >= 0.6 is 0 Å². The zero-order valence-corrected chi connectivity index (χ0v) is 27.0. The molecule has 16 nitrogen and oxygen atoms in total. The van der Waals surface area contributed by atoms with Crippen LogP contribution in [-0.4, -0.2) is 144 Å². The largest absolute Gasteiger partial charge is 0.458 e. The van der Waals surface area contributed by atoms with Crippen molar-refractivity contribution >= 4 is 23.8 Å². The van der Waals surface area contributed by atoms with Crippen LogP contribution in [0.3, 0.4) is 0 Å². The van der Waals surface area contributed by atoms with E-state index in [1.807, 2.05) is 13.8 Å². The van der Waals surface area contributed by atoms with Crippen LogP contribution in [0.1, 0.15) is 40.0 Å². The van der Waals surface area contributed by atoms with Gasteiger partial charge in [0.25, 0.3) is 0 Å². The Labute approximate surface area is 275 Å². The van der Waals surface area contributed by atoms with Crippen molar-refractivity contribution in [1.29, 1.82) is 0 Å². The number of carbonyl (C=O) groups excluding carboxylic acids is 4. The third-order valence-corrected chi connectivity index (χ3v) is 12.3. The number of hydrogen-bond acceptors (Lipinski definition) is 14. The van der Waals surface area contributed by atoms with Gasteiger partial charge in [0, 0.05) is 11.0 Å². The van der Waals surface area contributed by atoms with Crippen molar-refractivity contribution in [3.05, 3.63) is 11.1 Å². The molecule has 6 fully saturated rings. The predicted molar refractivity (Wildman–Crippen MR) is 156 cm³/mol. The van der Waals surface area contributed by atoms with Gasteiger partial charge in [-0.05, 0) is 36.7 Å². The average molecular weight is 679 g/mol. The number of ether oxygens (including phenoxy) is 7. The fourth-order valence-electron chi connectivity index (χ4n) is 9.76. The molecular formula is C32H42N2O14. The third-order valence-electron chi connectivity index (χ3n) is 12.3. The Morgan fingerprint density at radius 3 is 2.56 bits per heavy atom. The van der Waals surface area contributed by atoms with E-state index < -0.39 is 84.8 Å². The lowest BCUT2D eigenvalue weighted by Gasteiger charge is -2.53. The first kappa shape index (κ1) is 32.5. The highest BCUT2D eigenvalue weighted by Gasteiger charge is 3.01. The van der Waals surface area contributed by atoms with Crippen molar-refractivity contribution in [3.63, 3.8) is 0 Å². The van der Waals surface area contributed by atoms with Crippen LogP contribution in [0, 0.1) is 17.3 Å². The Hall–Kier alpha value is -2.70. The molecule has 5 N–H and O–H groups in total. The van der Waals surface area contributed by atoms with Crippen molar-refractivity contribution < 1.29 is 67.7 Å². The number of rotatable bonds is 10. The molecule has 2 amide bonds. The minimum Gasteiger partial charge on any atom is -0.458 e. The molecule has 8 rings (SSSR count). The lowest BCUT2D eigenvalue weighted by molar-refractivity contribution is -0.199. The molecule has 3 aliphatic carbocycles. The van der Waals surface area contributed by atoms with Gasteiger partial charge in [-0.25, -0.2) is 4.79 Å². The molecule has 2 saturated carbocycles. The van der Waals surface area contributed by atoms with Gasteiger partial charge in [-0.3, -0.25) is 14.4 Å². The van der Waals surface area contributed by atoms with Crippen molar-refractivity contribution in [2.45, 2.75) is 106 Å². The molecule has 0 aromatic carbocycles. The summed E-state index contributed by atoms with van der Waals surface area (Å²) in [6, 6.07) is 0. The molecule has 5 heterocycles. The van der Waals surface area contributed by atoms with Crippen LogP contribution in [-0.2, 0) is 52.3 Å². The molecule has 264 valence electrons. The maximum absolute atomic E-state index is 13.3. The lowest BCUT2D eigenvalue weighted by Crippen LogP contribution is -2.70. The molecule has 13 atom stereocenters. The van der Waals surface area contributed by atoms with Crippen molar-refractivity contribution in [1.82, 2.24) is 10.6 Å². The van der Waals surface area contributed by atoms with Crippen molar-refractivity contribution in [2.75, 3.05) is 39.5 Å². The molecule has 4 saturated heterocycles. The van der Waals surface area contributed by atoms with Crippen LogP contribution in [0.4, 0.5) is 0 Å². The van der Waals surface area contributed by atoms with Crippen molar-refractivity contribution in [3.8, 4) is 0 Å². The minimum absolute atomic E-state index is 0.0228. The zero-order valence-electron chi connectivity index (χ0n) is 27.0. The number of aliphatic hydroxyl groups excluding tert-OH is 3. The quantitative estimate of drug-likeness (QED) is 0.118. The van der Waals surface area contributed by atoms with E-state index in [2.05, 4.69) is 17.6 Å². The Bertz CT molecular complexity index is 1470. The highest BCUT2D eigenvalue weighted by molar-refractivity contribution is 5.92. The summed E-state index contributed by atoms with van der Waals surface area (Å²) < 4.78 is 41.8. The van der Waals surface area contributed by atoms with Gasteiger partial charge in [0.1, 0.15) is 67.6 Å². The highest BCUT2D eigenvalue weighted by Crippen LogP contribution is 2.83. The number of carbonyl (C=O) groups is 4. The van der Waals surface area contributed by atoms with E-state index in [1.165, 1.54) is 0 Å². The fraction of sp³-hybridized carbons (Fsp3) is 0.812. The average Bonchev–Trinajstić information content (AvgIpc) is 3.97. The van der Waals surface area contributed by atoms with E-state index in [0.717, 1.165) is 11.1 Å². The summed E-state index contributed by atoms with van der Waals surface area (Å²) >= 11 is 0. The third kappa shape index (κ3) is 4.30. The van der Waals surface area contributed by atoms with Gasteiger partial charge in [0.05, 0.1) is 25.9 Å². The normalized spacial score (nSPS) is 47.3. The topological polar surface area (TPSA) is 228 Å². The van der Waals surface area contributed by atoms with Gasteiger partial charge in [-0.1, -0.05) is 20.8 Å². The fourth-order valence-corrected chi connectivity index (χ4v) is 9.76. The summed E-state index contributed by atoms with van der Waals surface area (Å²) in [6.07, 6.45) is -4.51. The molecule has 0 aromatic heterocycles. The molecule has 0 aromatic rings. The number of aliphatic hydroxyl groups is 3. The minimum atomic E-state index is -1.39. The molecule has 8 aliphatic rings. The molecule has 48 heavy (non-hydrogen) atoms. The molecule has 0 unspecified atom stereocenters. The monoisotopic (exact) mass is 678 g/mol. The Morgan fingerprint density at radius 2 is 1.79 bits per heavy atom. The SMILES string of the molecule is CC(C)[C@]12O[C@H]1[C@@H]1O[C@]13[C@]1(O[C@H]1C[C@H]1C4=C(CC[C@@]13C)C(=O)OC4)[C@@H]2OC(=O)CNC(=O)CNC(=O)COC[C@H]1OC[C@H](O)[C@@H](O)[C@@H]1O. The number of cyclic esters (lactones) is 1. The van der Waals surface area contributed by atoms with Gasteiger partial charge in [-0.15, -0.1) is 0 Å². The summed E-state index contributed by atoms with van der Waals surface area (Å²) in [5.41, 5.74) is -1.04. The lowest BCUT2D eigenvalue weighted by atomic mass is 9.46. The number of hydrogen-bond donors (Lipinski definition) is 5. The Kier molecular flexibility index (Phi) is 7.38. The second kappa shape index (κ2) is 10.9. The first-order valence-electron chi connectivity index (χ1n) is 16.7.